The highest BCUT2D eigenvalue weighted by molar-refractivity contribution is 5.96. The number of hydrogen-bond acceptors (Lipinski definition) is 8. The van der Waals surface area contributed by atoms with E-state index in [1.807, 2.05) is 0 Å². The van der Waals surface area contributed by atoms with E-state index < -0.39 is 5.97 Å². The van der Waals surface area contributed by atoms with Crippen LogP contribution in [0, 0.1) is 0 Å². The molecule has 2 heterocycles. The van der Waals surface area contributed by atoms with Crippen LogP contribution >= 0.6 is 0 Å². The standard InChI is InChI=1S/C15H13N5O3/c1-2-22-14(21)10-5-3-4-6-11(10)18-15-20-19-13(23-15)12-9-16-7-8-17-12/h3-9H,2H2,1H3,(H,18,20). The van der Waals surface area contributed by atoms with Crippen LogP contribution in [0.5, 0.6) is 0 Å². The lowest BCUT2D eigenvalue weighted by Crippen LogP contribution is -2.07. The maximum absolute atomic E-state index is 11.9. The Morgan fingerprint density at radius 3 is 2.91 bits per heavy atom. The molecule has 2 aromatic heterocycles. The summed E-state index contributed by atoms with van der Waals surface area (Å²) in [5, 5.41) is 10.7. The Kier molecular flexibility index (Phi) is 4.23. The fourth-order valence-corrected chi connectivity index (χ4v) is 1.88. The summed E-state index contributed by atoms with van der Waals surface area (Å²) in [5.74, 6) is -0.196. The van der Waals surface area contributed by atoms with Crippen molar-refractivity contribution < 1.29 is 13.9 Å². The molecule has 3 rings (SSSR count). The van der Waals surface area contributed by atoms with Gasteiger partial charge in [0.05, 0.1) is 24.1 Å². The number of benzene rings is 1. The van der Waals surface area contributed by atoms with Gasteiger partial charge in [0, 0.05) is 12.4 Å². The first-order valence-electron chi connectivity index (χ1n) is 6.91. The zero-order valence-corrected chi connectivity index (χ0v) is 12.3. The molecule has 0 spiro atoms. The molecule has 3 aromatic rings. The Bertz CT molecular complexity index is 804. The molecule has 0 atom stereocenters. The first-order valence-corrected chi connectivity index (χ1v) is 6.91. The van der Waals surface area contributed by atoms with Gasteiger partial charge in [0.2, 0.25) is 0 Å². The molecule has 0 saturated heterocycles. The Hall–Kier alpha value is -3.29. The van der Waals surface area contributed by atoms with Gasteiger partial charge in [0.15, 0.2) is 0 Å². The lowest BCUT2D eigenvalue weighted by Gasteiger charge is -2.08. The molecule has 1 N–H and O–H groups in total. The quantitative estimate of drug-likeness (QED) is 0.717. The molecule has 8 heteroatoms. The van der Waals surface area contributed by atoms with E-state index in [-0.39, 0.29) is 11.9 Å². The molecular weight excluding hydrogens is 298 g/mol. The number of rotatable bonds is 5. The maximum Gasteiger partial charge on any atom is 0.340 e. The summed E-state index contributed by atoms with van der Waals surface area (Å²) in [4.78, 5) is 20.0. The second kappa shape index (κ2) is 6.65. The Labute approximate surface area is 131 Å². The Morgan fingerprint density at radius 2 is 2.13 bits per heavy atom. The predicted molar refractivity (Wildman–Crippen MR) is 81.0 cm³/mol. The highest BCUT2D eigenvalue weighted by Crippen LogP contribution is 2.23. The van der Waals surface area contributed by atoms with Crippen molar-refractivity contribution in [2.45, 2.75) is 6.92 Å². The van der Waals surface area contributed by atoms with Crippen LogP contribution in [0.25, 0.3) is 11.6 Å². The molecule has 0 radical (unpaired) electrons. The van der Waals surface area contributed by atoms with E-state index >= 15 is 0 Å². The molecule has 0 aliphatic heterocycles. The summed E-state index contributed by atoms with van der Waals surface area (Å²) in [6.07, 6.45) is 4.60. The second-order valence-electron chi connectivity index (χ2n) is 4.39. The zero-order chi connectivity index (χ0) is 16.1. The molecule has 0 fully saturated rings. The lowest BCUT2D eigenvalue weighted by molar-refractivity contribution is 0.0527. The number of aromatic nitrogens is 4. The van der Waals surface area contributed by atoms with Gasteiger partial charge in [-0.2, -0.15) is 0 Å². The topological polar surface area (TPSA) is 103 Å². The summed E-state index contributed by atoms with van der Waals surface area (Å²) < 4.78 is 10.5. The van der Waals surface area contributed by atoms with Gasteiger partial charge in [-0.25, -0.2) is 9.78 Å². The summed E-state index contributed by atoms with van der Waals surface area (Å²) in [7, 11) is 0. The highest BCUT2D eigenvalue weighted by atomic mass is 16.5. The zero-order valence-electron chi connectivity index (χ0n) is 12.3. The van der Waals surface area contributed by atoms with E-state index in [1.165, 1.54) is 12.4 Å². The number of carbonyl (C=O) groups is 1. The normalized spacial score (nSPS) is 10.3. The van der Waals surface area contributed by atoms with Gasteiger partial charge in [-0.3, -0.25) is 4.98 Å². The number of esters is 1. The van der Waals surface area contributed by atoms with Crippen molar-refractivity contribution in [3.63, 3.8) is 0 Å². The van der Waals surface area contributed by atoms with Gasteiger partial charge in [-0.1, -0.05) is 17.2 Å². The molecule has 0 aliphatic carbocycles. The van der Waals surface area contributed by atoms with Crippen LogP contribution in [0.3, 0.4) is 0 Å². The van der Waals surface area contributed by atoms with Crippen LogP contribution in [0.15, 0.2) is 47.3 Å². The van der Waals surface area contributed by atoms with E-state index in [0.29, 0.717) is 23.6 Å². The third kappa shape index (κ3) is 3.31. The van der Waals surface area contributed by atoms with E-state index in [0.717, 1.165) is 0 Å². The maximum atomic E-state index is 11.9. The molecule has 0 unspecified atom stereocenters. The lowest BCUT2D eigenvalue weighted by atomic mass is 10.2. The van der Waals surface area contributed by atoms with Crippen molar-refractivity contribution in [1.82, 2.24) is 20.2 Å². The molecule has 23 heavy (non-hydrogen) atoms. The van der Waals surface area contributed by atoms with Gasteiger partial charge < -0.3 is 14.5 Å². The number of carbonyl (C=O) groups excluding carboxylic acids is 1. The van der Waals surface area contributed by atoms with Crippen LogP contribution in [0.4, 0.5) is 11.7 Å². The molecule has 116 valence electrons. The van der Waals surface area contributed by atoms with E-state index in [1.54, 1.807) is 37.4 Å². The Balaban J connectivity index is 1.83. The minimum Gasteiger partial charge on any atom is -0.462 e. The van der Waals surface area contributed by atoms with Crippen LogP contribution in [-0.4, -0.2) is 32.7 Å². The molecular formula is C15H13N5O3. The van der Waals surface area contributed by atoms with Crippen LogP contribution in [0.2, 0.25) is 0 Å². The number of nitrogens with zero attached hydrogens (tertiary/aromatic N) is 4. The van der Waals surface area contributed by atoms with E-state index in [9.17, 15) is 4.79 Å². The van der Waals surface area contributed by atoms with Crippen LogP contribution in [-0.2, 0) is 4.74 Å². The summed E-state index contributed by atoms with van der Waals surface area (Å²) >= 11 is 0. The van der Waals surface area contributed by atoms with Crippen molar-refractivity contribution in [2.75, 3.05) is 11.9 Å². The molecule has 0 aliphatic rings. The molecule has 0 bridgehead atoms. The highest BCUT2D eigenvalue weighted by Gasteiger charge is 2.15. The number of hydrogen-bond donors (Lipinski definition) is 1. The van der Waals surface area contributed by atoms with Crippen molar-refractivity contribution in [3.05, 3.63) is 48.4 Å². The summed E-state index contributed by atoms with van der Waals surface area (Å²) in [6, 6.07) is 7.04. The summed E-state index contributed by atoms with van der Waals surface area (Å²) in [6.45, 7) is 2.05. The second-order valence-corrected chi connectivity index (χ2v) is 4.39. The third-order valence-electron chi connectivity index (χ3n) is 2.87. The van der Waals surface area contributed by atoms with Crippen LogP contribution in [0.1, 0.15) is 17.3 Å². The Morgan fingerprint density at radius 1 is 1.26 bits per heavy atom. The first-order chi connectivity index (χ1) is 11.3. The molecule has 8 nitrogen and oxygen atoms in total. The SMILES string of the molecule is CCOC(=O)c1ccccc1Nc1nnc(-c2cnccn2)o1. The molecule has 1 aromatic carbocycles. The fourth-order valence-electron chi connectivity index (χ4n) is 1.88. The average molecular weight is 311 g/mol. The third-order valence-corrected chi connectivity index (χ3v) is 2.87. The predicted octanol–water partition coefficient (Wildman–Crippen LogP) is 2.45. The number of nitrogens with one attached hydrogen (secondary N) is 1. The van der Waals surface area contributed by atoms with Gasteiger partial charge >= 0.3 is 12.0 Å². The van der Waals surface area contributed by atoms with Gasteiger partial charge in [0.1, 0.15) is 5.69 Å². The van der Waals surface area contributed by atoms with Crippen molar-refractivity contribution in [1.29, 1.82) is 0 Å². The van der Waals surface area contributed by atoms with Crippen LogP contribution < -0.4 is 5.32 Å². The first kappa shape index (κ1) is 14.6. The van der Waals surface area contributed by atoms with Gasteiger partial charge in [0.25, 0.3) is 5.89 Å². The van der Waals surface area contributed by atoms with E-state index in [2.05, 4.69) is 25.5 Å². The molecule has 0 saturated carbocycles. The fraction of sp³-hybridized carbons (Fsp3) is 0.133. The molecule has 0 amide bonds. The number of ether oxygens (including phenoxy) is 1. The van der Waals surface area contributed by atoms with Crippen molar-refractivity contribution in [3.8, 4) is 11.6 Å². The smallest absolute Gasteiger partial charge is 0.340 e. The van der Waals surface area contributed by atoms with Crippen molar-refractivity contribution >= 4 is 17.7 Å². The average Bonchev–Trinajstić information content (AvgIpc) is 3.05. The monoisotopic (exact) mass is 311 g/mol. The number of anilines is 2. The van der Waals surface area contributed by atoms with Gasteiger partial charge in [-0.05, 0) is 19.1 Å². The minimum atomic E-state index is -0.427. The van der Waals surface area contributed by atoms with Crippen molar-refractivity contribution in [2.24, 2.45) is 0 Å². The van der Waals surface area contributed by atoms with E-state index in [4.69, 9.17) is 9.15 Å². The number of para-hydroxylation sites is 1. The summed E-state index contributed by atoms with van der Waals surface area (Å²) in [5.41, 5.74) is 1.36. The van der Waals surface area contributed by atoms with Gasteiger partial charge in [-0.15, -0.1) is 5.10 Å². The minimum absolute atomic E-state index is 0.141. The largest absolute Gasteiger partial charge is 0.462 e.